The number of H-pyrrole nitrogens is 1. The molecule has 5 rings (SSSR count). The first-order valence-corrected chi connectivity index (χ1v) is 13.2. The van der Waals surface area contributed by atoms with E-state index < -0.39 is 9.84 Å². The van der Waals surface area contributed by atoms with E-state index in [0.29, 0.717) is 28.3 Å². The number of para-hydroxylation sites is 2. The van der Waals surface area contributed by atoms with Crippen LogP contribution in [0.2, 0.25) is 0 Å². The fourth-order valence-electron chi connectivity index (χ4n) is 4.03. The van der Waals surface area contributed by atoms with E-state index in [-0.39, 0.29) is 23.4 Å². The van der Waals surface area contributed by atoms with Gasteiger partial charge in [0.05, 0.1) is 22.4 Å². The minimum absolute atomic E-state index is 0.158. The van der Waals surface area contributed by atoms with Crippen molar-refractivity contribution in [2.45, 2.75) is 24.8 Å². The third kappa shape index (κ3) is 4.60. The Morgan fingerprint density at radius 3 is 2.58 bits per heavy atom. The molecule has 9 nitrogen and oxygen atoms in total. The summed E-state index contributed by atoms with van der Waals surface area (Å²) >= 11 is 0. The van der Waals surface area contributed by atoms with Crippen LogP contribution >= 0.6 is 0 Å². The number of nitrogens with zero attached hydrogens (tertiary/aromatic N) is 2. The highest BCUT2D eigenvalue weighted by Crippen LogP contribution is 2.32. The normalized spacial score (nSPS) is 12.8. The van der Waals surface area contributed by atoms with Gasteiger partial charge in [-0.2, -0.15) is 0 Å². The van der Waals surface area contributed by atoms with Crippen LogP contribution in [-0.4, -0.2) is 47.1 Å². The van der Waals surface area contributed by atoms with Crippen molar-refractivity contribution in [3.8, 4) is 22.8 Å². The highest BCUT2D eigenvalue weighted by Gasteiger charge is 2.25. The summed E-state index contributed by atoms with van der Waals surface area (Å²) in [6.45, 7) is 3.96. The molecule has 2 aromatic heterocycles. The smallest absolute Gasteiger partial charge is 0.181 e. The van der Waals surface area contributed by atoms with Crippen LogP contribution < -0.4 is 10.2 Å². The maximum Gasteiger partial charge on any atom is 0.181 e. The number of aromatic nitrogens is 3. The molecule has 0 saturated carbocycles. The second-order valence-corrected chi connectivity index (χ2v) is 10.7. The van der Waals surface area contributed by atoms with Crippen LogP contribution in [0.15, 0.2) is 71.6 Å². The molecular formula is C26H26N4O5S. The Kier molecular flexibility index (Phi) is 6.07. The number of imidazole rings is 1. The van der Waals surface area contributed by atoms with Crippen molar-refractivity contribution in [2.24, 2.45) is 0 Å². The number of nitrogens with one attached hydrogen (secondary N) is 2. The molecule has 0 saturated heterocycles. The van der Waals surface area contributed by atoms with E-state index in [1.165, 1.54) is 6.26 Å². The van der Waals surface area contributed by atoms with Gasteiger partial charge >= 0.3 is 0 Å². The van der Waals surface area contributed by atoms with Gasteiger partial charge in [-0.3, -0.25) is 15.4 Å². The van der Waals surface area contributed by atoms with E-state index in [1.807, 2.05) is 43.3 Å². The van der Waals surface area contributed by atoms with E-state index >= 15 is 0 Å². The average molecular weight is 507 g/mol. The SMILES string of the molecule is Cc1cc(OC(C)CONc2ccc(-c3[nH]n4c(nc5ccccc54)c3S(C)(=O)=O)cc2)ccc1O. The molecule has 2 heterocycles. The number of hydrogen-bond acceptors (Lipinski definition) is 7. The van der Waals surface area contributed by atoms with Gasteiger partial charge in [0, 0.05) is 11.8 Å². The maximum absolute atomic E-state index is 12.7. The minimum atomic E-state index is -3.56. The molecule has 186 valence electrons. The lowest BCUT2D eigenvalue weighted by molar-refractivity contribution is 0.0901. The fourth-order valence-corrected chi connectivity index (χ4v) is 5.03. The van der Waals surface area contributed by atoms with Gasteiger partial charge in [-0.05, 0) is 61.9 Å². The van der Waals surface area contributed by atoms with Crippen molar-refractivity contribution in [1.29, 1.82) is 0 Å². The second-order valence-electron chi connectivity index (χ2n) is 8.71. The van der Waals surface area contributed by atoms with Gasteiger partial charge in [-0.15, -0.1) is 0 Å². The minimum Gasteiger partial charge on any atom is -0.508 e. The zero-order chi connectivity index (χ0) is 25.4. The van der Waals surface area contributed by atoms with Crippen LogP contribution in [-0.2, 0) is 14.7 Å². The summed E-state index contributed by atoms with van der Waals surface area (Å²) in [7, 11) is -3.56. The van der Waals surface area contributed by atoms with Gasteiger partial charge in [0.15, 0.2) is 15.5 Å². The molecule has 0 aliphatic carbocycles. The number of phenolic OH excluding ortho intramolecular Hbond substituents is 1. The summed E-state index contributed by atoms with van der Waals surface area (Å²) < 4.78 is 32.9. The number of fused-ring (bicyclic) bond motifs is 3. The molecule has 0 bridgehead atoms. The Balaban J connectivity index is 1.30. The molecule has 0 spiro atoms. The second kappa shape index (κ2) is 9.21. The lowest BCUT2D eigenvalue weighted by atomic mass is 10.1. The summed E-state index contributed by atoms with van der Waals surface area (Å²) in [5.74, 6) is 0.874. The van der Waals surface area contributed by atoms with Crippen LogP contribution in [0.4, 0.5) is 5.69 Å². The summed E-state index contributed by atoms with van der Waals surface area (Å²) in [4.78, 5) is 10.3. The molecule has 3 aromatic carbocycles. The van der Waals surface area contributed by atoms with Crippen LogP contribution in [0, 0.1) is 6.92 Å². The lowest BCUT2D eigenvalue weighted by Gasteiger charge is -2.16. The molecule has 0 aliphatic heterocycles. The van der Waals surface area contributed by atoms with E-state index in [4.69, 9.17) is 9.57 Å². The van der Waals surface area contributed by atoms with Gasteiger partial charge in [0.25, 0.3) is 0 Å². The highest BCUT2D eigenvalue weighted by molar-refractivity contribution is 7.91. The van der Waals surface area contributed by atoms with E-state index in [0.717, 1.165) is 16.6 Å². The number of anilines is 1. The van der Waals surface area contributed by atoms with Gasteiger partial charge < -0.3 is 9.84 Å². The largest absolute Gasteiger partial charge is 0.508 e. The summed E-state index contributed by atoms with van der Waals surface area (Å²) in [5, 5.41) is 12.8. The Labute approximate surface area is 208 Å². The van der Waals surface area contributed by atoms with Crippen molar-refractivity contribution < 1.29 is 23.1 Å². The Hall–Kier alpha value is -4.02. The van der Waals surface area contributed by atoms with Crippen molar-refractivity contribution in [1.82, 2.24) is 14.6 Å². The zero-order valence-corrected chi connectivity index (χ0v) is 20.8. The van der Waals surface area contributed by atoms with E-state index in [9.17, 15) is 13.5 Å². The number of sulfone groups is 1. The van der Waals surface area contributed by atoms with Gasteiger partial charge in [-0.1, -0.05) is 24.3 Å². The van der Waals surface area contributed by atoms with Crippen LogP contribution in [0.3, 0.4) is 0 Å². The molecule has 10 heteroatoms. The predicted octanol–water partition coefficient (Wildman–Crippen LogP) is 4.71. The molecule has 0 fully saturated rings. The van der Waals surface area contributed by atoms with Gasteiger partial charge in [0.2, 0.25) is 0 Å². The number of hydrogen-bond donors (Lipinski definition) is 3. The zero-order valence-electron chi connectivity index (χ0n) is 20.0. The van der Waals surface area contributed by atoms with Crippen molar-refractivity contribution in [3.63, 3.8) is 0 Å². The number of aryl methyl sites for hydroxylation is 1. The standard InChI is InChI=1S/C26H26N4O5S/c1-16-14-20(12-13-23(16)31)35-17(2)15-34-29-19-10-8-18(9-11-19)24-25(36(3,32)33)26-27-21-6-4-5-7-22(21)30(26)28-24/h4-14,17,28-29,31H,15H2,1-3H3. The van der Waals surface area contributed by atoms with Crippen LogP contribution in [0.25, 0.3) is 27.9 Å². The molecule has 1 unspecified atom stereocenters. The lowest BCUT2D eigenvalue weighted by Crippen LogP contribution is -2.21. The molecule has 0 radical (unpaired) electrons. The van der Waals surface area contributed by atoms with E-state index in [2.05, 4.69) is 15.6 Å². The number of rotatable bonds is 8. The first kappa shape index (κ1) is 23.7. The number of benzene rings is 3. The number of aromatic hydroxyl groups is 1. The quantitative estimate of drug-likeness (QED) is 0.261. The van der Waals surface area contributed by atoms with Crippen LogP contribution in [0.1, 0.15) is 12.5 Å². The molecule has 5 aromatic rings. The monoisotopic (exact) mass is 506 g/mol. The third-order valence-corrected chi connectivity index (χ3v) is 6.90. The predicted molar refractivity (Wildman–Crippen MR) is 138 cm³/mol. The highest BCUT2D eigenvalue weighted by atomic mass is 32.2. The molecule has 1 atom stereocenters. The van der Waals surface area contributed by atoms with Crippen molar-refractivity contribution in [2.75, 3.05) is 18.3 Å². The third-order valence-electron chi connectivity index (χ3n) is 5.77. The van der Waals surface area contributed by atoms with Gasteiger partial charge in [-0.25, -0.2) is 17.9 Å². The van der Waals surface area contributed by atoms with Crippen molar-refractivity contribution >= 4 is 32.2 Å². The van der Waals surface area contributed by atoms with Gasteiger partial charge in [0.1, 0.15) is 29.1 Å². The molecule has 36 heavy (non-hydrogen) atoms. The molecule has 3 N–H and O–H groups in total. The Morgan fingerprint density at radius 1 is 1.11 bits per heavy atom. The first-order valence-electron chi connectivity index (χ1n) is 11.3. The Morgan fingerprint density at radius 2 is 1.86 bits per heavy atom. The molecule has 0 amide bonds. The molecular weight excluding hydrogens is 480 g/mol. The first-order chi connectivity index (χ1) is 17.2. The molecule has 0 aliphatic rings. The van der Waals surface area contributed by atoms with Crippen molar-refractivity contribution in [3.05, 3.63) is 72.3 Å². The summed E-state index contributed by atoms with van der Waals surface area (Å²) in [5.41, 5.74) is 7.40. The number of aromatic amines is 1. The Bertz CT molecular complexity index is 1660. The number of ether oxygens (including phenoxy) is 1. The summed E-state index contributed by atoms with van der Waals surface area (Å²) in [6.07, 6.45) is 0.953. The number of phenols is 1. The average Bonchev–Trinajstić information content (AvgIpc) is 3.38. The maximum atomic E-state index is 12.7. The topological polar surface area (TPSA) is 118 Å². The fraction of sp³-hybridized carbons (Fsp3) is 0.192. The van der Waals surface area contributed by atoms with Crippen LogP contribution in [0.5, 0.6) is 11.5 Å². The summed E-state index contributed by atoms with van der Waals surface area (Å²) in [6, 6.07) is 19.8. The van der Waals surface area contributed by atoms with E-state index in [1.54, 1.807) is 41.8 Å².